The normalized spacial score (nSPS) is 12.7. The first kappa shape index (κ1) is 14.6. The summed E-state index contributed by atoms with van der Waals surface area (Å²) in [6, 6.07) is 0.835. The van der Waals surface area contributed by atoms with E-state index >= 15 is 0 Å². The summed E-state index contributed by atoms with van der Waals surface area (Å²) < 4.78 is 79.9. The third-order valence-electron chi connectivity index (χ3n) is 2.23. The van der Waals surface area contributed by atoms with Crippen LogP contribution in [-0.2, 0) is 19.0 Å². The summed E-state index contributed by atoms with van der Waals surface area (Å²) in [6.07, 6.45) is -10.0. The van der Waals surface area contributed by atoms with E-state index < -0.39 is 41.4 Å². The molecule has 0 fully saturated rings. The molecule has 0 amide bonds. The molecule has 1 aromatic rings. The van der Waals surface area contributed by atoms with Gasteiger partial charge in [-0.1, -0.05) is 0 Å². The zero-order valence-corrected chi connectivity index (χ0v) is 8.99. The zero-order valence-electron chi connectivity index (χ0n) is 8.99. The van der Waals surface area contributed by atoms with Crippen LogP contribution in [0, 0.1) is 0 Å². The fraction of sp³-hybridized carbons (Fsp3) is 0.400. The SMILES string of the molecule is COc1cc(C(F)(F)F)c(CO)c(C(F)(F)F)c1. The number of rotatable bonds is 2. The lowest BCUT2D eigenvalue weighted by molar-refractivity contribution is -0.145. The molecular weight excluding hydrogens is 266 g/mol. The van der Waals surface area contributed by atoms with Crippen molar-refractivity contribution in [2.24, 2.45) is 0 Å². The van der Waals surface area contributed by atoms with Crippen LogP contribution in [0.2, 0.25) is 0 Å². The van der Waals surface area contributed by atoms with Crippen LogP contribution < -0.4 is 4.74 Å². The molecule has 102 valence electrons. The van der Waals surface area contributed by atoms with Crippen molar-refractivity contribution >= 4 is 0 Å². The van der Waals surface area contributed by atoms with Gasteiger partial charge in [0, 0.05) is 5.56 Å². The summed E-state index contributed by atoms with van der Waals surface area (Å²) in [4.78, 5) is 0. The molecule has 0 spiro atoms. The van der Waals surface area contributed by atoms with E-state index in [1.165, 1.54) is 0 Å². The van der Waals surface area contributed by atoms with Gasteiger partial charge in [-0.05, 0) is 12.1 Å². The van der Waals surface area contributed by atoms with Crippen molar-refractivity contribution in [1.82, 2.24) is 0 Å². The third-order valence-corrected chi connectivity index (χ3v) is 2.23. The van der Waals surface area contributed by atoms with Crippen molar-refractivity contribution in [3.05, 3.63) is 28.8 Å². The molecule has 0 radical (unpaired) electrons. The maximum absolute atomic E-state index is 12.6. The maximum atomic E-state index is 12.6. The average molecular weight is 274 g/mol. The second kappa shape index (κ2) is 4.68. The van der Waals surface area contributed by atoms with Crippen LogP contribution in [0.15, 0.2) is 12.1 Å². The summed E-state index contributed by atoms with van der Waals surface area (Å²) in [5.74, 6) is -0.577. The van der Waals surface area contributed by atoms with Gasteiger partial charge in [-0.15, -0.1) is 0 Å². The van der Waals surface area contributed by atoms with Gasteiger partial charge in [0.2, 0.25) is 0 Å². The minimum Gasteiger partial charge on any atom is -0.497 e. The van der Waals surface area contributed by atoms with Gasteiger partial charge >= 0.3 is 12.4 Å². The van der Waals surface area contributed by atoms with Gasteiger partial charge in [0.05, 0.1) is 24.8 Å². The average Bonchev–Trinajstić information content (AvgIpc) is 2.24. The molecule has 0 saturated carbocycles. The molecule has 1 aromatic carbocycles. The Balaban J connectivity index is 3.61. The predicted octanol–water partition coefficient (Wildman–Crippen LogP) is 3.23. The zero-order chi connectivity index (χ0) is 14.1. The van der Waals surface area contributed by atoms with Crippen LogP contribution in [-0.4, -0.2) is 12.2 Å². The van der Waals surface area contributed by atoms with E-state index in [1.54, 1.807) is 0 Å². The van der Waals surface area contributed by atoms with Crippen molar-refractivity contribution in [3.8, 4) is 5.75 Å². The lowest BCUT2D eigenvalue weighted by Gasteiger charge is -2.18. The summed E-state index contributed by atoms with van der Waals surface area (Å²) in [7, 11) is 0.953. The van der Waals surface area contributed by atoms with E-state index in [1.807, 2.05) is 0 Å². The maximum Gasteiger partial charge on any atom is 0.416 e. The quantitative estimate of drug-likeness (QED) is 0.839. The van der Waals surface area contributed by atoms with Crippen LogP contribution >= 0.6 is 0 Å². The second-order valence-corrected chi connectivity index (χ2v) is 3.35. The molecule has 2 nitrogen and oxygen atoms in total. The van der Waals surface area contributed by atoms with Gasteiger partial charge in [0.15, 0.2) is 0 Å². The smallest absolute Gasteiger partial charge is 0.416 e. The van der Waals surface area contributed by atoms with Crippen molar-refractivity contribution in [2.45, 2.75) is 19.0 Å². The van der Waals surface area contributed by atoms with Crippen LogP contribution in [0.1, 0.15) is 16.7 Å². The number of alkyl halides is 6. The van der Waals surface area contributed by atoms with E-state index in [-0.39, 0.29) is 0 Å². The van der Waals surface area contributed by atoms with Gasteiger partial charge < -0.3 is 9.84 Å². The highest BCUT2D eigenvalue weighted by molar-refractivity contribution is 5.45. The molecule has 0 heterocycles. The Morgan fingerprint density at radius 3 is 1.61 bits per heavy atom. The predicted molar refractivity (Wildman–Crippen MR) is 48.9 cm³/mol. The summed E-state index contributed by atoms with van der Waals surface area (Å²) in [5, 5.41) is 8.75. The third kappa shape index (κ3) is 2.87. The number of aliphatic hydroxyl groups excluding tert-OH is 1. The minimum atomic E-state index is -5.01. The summed E-state index contributed by atoms with van der Waals surface area (Å²) in [6.45, 7) is -1.37. The molecule has 1 N–H and O–H groups in total. The van der Waals surface area contributed by atoms with E-state index in [9.17, 15) is 26.3 Å². The summed E-state index contributed by atoms with van der Waals surface area (Å²) >= 11 is 0. The molecule has 0 aliphatic carbocycles. The Bertz CT molecular complexity index is 400. The summed E-state index contributed by atoms with van der Waals surface area (Å²) in [5.41, 5.74) is -4.33. The van der Waals surface area contributed by atoms with Crippen molar-refractivity contribution < 1.29 is 36.2 Å². The number of aliphatic hydroxyl groups is 1. The Morgan fingerprint density at radius 2 is 1.39 bits per heavy atom. The van der Waals surface area contributed by atoms with E-state index in [0.29, 0.717) is 12.1 Å². The Hall–Kier alpha value is -1.44. The van der Waals surface area contributed by atoms with Crippen molar-refractivity contribution in [1.29, 1.82) is 0 Å². The number of hydrogen-bond acceptors (Lipinski definition) is 2. The Labute approximate surface area is 97.8 Å². The minimum absolute atomic E-state index is 0.417. The lowest BCUT2D eigenvalue weighted by atomic mass is 10.00. The molecule has 0 aliphatic rings. The molecule has 0 bridgehead atoms. The number of benzene rings is 1. The van der Waals surface area contributed by atoms with Gasteiger partial charge in [0.25, 0.3) is 0 Å². The Kier molecular flexibility index (Phi) is 3.80. The number of halogens is 6. The number of methoxy groups -OCH3 is 1. The highest BCUT2D eigenvalue weighted by Gasteiger charge is 2.41. The highest BCUT2D eigenvalue weighted by Crippen LogP contribution is 2.41. The first-order valence-corrected chi connectivity index (χ1v) is 4.57. The van der Waals surface area contributed by atoms with Crippen LogP contribution in [0.5, 0.6) is 5.75 Å². The molecule has 0 saturated heterocycles. The van der Waals surface area contributed by atoms with Gasteiger partial charge in [-0.2, -0.15) is 26.3 Å². The van der Waals surface area contributed by atoms with Crippen molar-refractivity contribution in [3.63, 3.8) is 0 Å². The molecule has 0 aromatic heterocycles. The standard InChI is InChI=1S/C10H8F6O2/c1-18-5-2-7(9(11,12)13)6(4-17)8(3-5)10(14,15)16/h2-3,17H,4H2,1H3. The van der Waals surface area contributed by atoms with E-state index in [0.717, 1.165) is 7.11 Å². The van der Waals surface area contributed by atoms with Crippen LogP contribution in [0.3, 0.4) is 0 Å². The van der Waals surface area contributed by atoms with E-state index in [4.69, 9.17) is 5.11 Å². The second-order valence-electron chi connectivity index (χ2n) is 3.35. The first-order valence-electron chi connectivity index (χ1n) is 4.57. The van der Waals surface area contributed by atoms with Gasteiger partial charge in [-0.3, -0.25) is 0 Å². The number of ether oxygens (including phenoxy) is 1. The van der Waals surface area contributed by atoms with Gasteiger partial charge in [0.1, 0.15) is 5.75 Å². The highest BCUT2D eigenvalue weighted by atomic mass is 19.4. The fourth-order valence-electron chi connectivity index (χ4n) is 1.44. The Morgan fingerprint density at radius 1 is 1.00 bits per heavy atom. The molecule has 0 atom stereocenters. The first-order chi connectivity index (χ1) is 8.11. The van der Waals surface area contributed by atoms with Crippen LogP contribution in [0.4, 0.5) is 26.3 Å². The monoisotopic (exact) mass is 274 g/mol. The van der Waals surface area contributed by atoms with Gasteiger partial charge in [-0.25, -0.2) is 0 Å². The molecule has 18 heavy (non-hydrogen) atoms. The largest absolute Gasteiger partial charge is 0.497 e. The molecule has 0 aliphatic heterocycles. The fourth-order valence-corrected chi connectivity index (χ4v) is 1.44. The molecule has 8 heteroatoms. The van der Waals surface area contributed by atoms with Crippen molar-refractivity contribution in [2.75, 3.05) is 7.11 Å². The van der Waals surface area contributed by atoms with Crippen LogP contribution in [0.25, 0.3) is 0 Å². The van der Waals surface area contributed by atoms with E-state index in [2.05, 4.69) is 4.74 Å². The lowest BCUT2D eigenvalue weighted by Crippen LogP contribution is -2.17. The number of hydrogen-bond donors (Lipinski definition) is 1. The molecule has 0 unspecified atom stereocenters. The molecular formula is C10H8F6O2. The topological polar surface area (TPSA) is 29.5 Å². The molecule has 1 rings (SSSR count).